The summed E-state index contributed by atoms with van der Waals surface area (Å²) in [6, 6.07) is 2.67. The van der Waals surface area contributed by atoms with Gasteiger partial charge in [0, 0.05) is 17.7 Å². The molecular formula is C13H21FN2O2. The van der Waals surface area contributed by atoms with Crippen molar-refractivity contribution in [1.82, 2.24) is 4.90 Å². The minimum absolute atomic E-state index is 0.127. The molecule has 0 aromatic heterocycles. The number of hydrogen-bond donors (Lipinski definition) is 1. The van der Waals surface area contributed by atoms with Gasteiger partial charge in [0.1, 0.15) is 12.4 Å². The first-order valence-corrected chi connectivity index (χ1v) is 5.71. The van der Waals surface area contributed by atoms with E-state index in [-0.39, 0.29) is 17.0 Å². The van der Waals surface area contributed by atoms with Gasteiger partial charge in [-0.2, -0.15) is 0 Å². The maximum atomic E-state index is 13.4. The van der Waals surface area contributed by atoms with Crippen LogP contribution in [-0.2, 0) is 0 Å². The van der Waals surface area contributed by atoms with Crippen molar-refractivity contribution >= 4 is 5.69 Å². The molecule has 2 N–H and O–H groups in total. The Balaban J connectivity index is 2.85. The third-order valence-electron chi connectivity index (χ3n) is 3.08. The molecule has 0 amide bonds. The molecule has 0 unspecified atom stereocenters. The second-order valence-corrected chi connectivity index (χ2v) is 5.02. The lowest BCUT2D eigenvalue weighted by atomic mass is 10.1. The van der Waals surface area contributed by atoms with Crippen LogP contribution in [0.3, 0.4) is 0 Å². The third kappa shape index (κ3) is 3.26. The summed E-state index contributed by atoms with van der Waals surface area (Å²) >= 11 is 0. The molecule has 0 fully saturated rings. The van der Waals surface area contributed by atoms with Crippen molar-refractivity contribution in [3.05, 3.63) is 17.9 Å². The molecule has 1 aromatic carbocycles. The molecule has 0 bridgehead atoms. The van der Waals surface area contributed by atoms with Gasteiger partial charge in [-0.15, -0.1) is 0 Å². The Bertz CT molecular complexity index is 420. The second kappa shape index (κ2) is 5.44. The molecule has 0 aliphatic carbocycles. The van der Waals surface area contributed by atoms with E-state index in [0.717, 1.165) is 0 Å². The number of hydrogen-bond acceptors (Lipinski definition) is 4. The van der Waals surface area contributed by atoms with E-state index in [9.17, 15) is 4.39 Å². The Morgan fingerprint density at radius 3 is 2.39 bits per heavy atom. The van der Waals surface area contributed by atoms with Gasteiger partial charge in [0.25, 0.3) is 0 Å². The SMILES string of the molecule is COc1cc(OCC(C)(C)N(C)C)c(N)cc1F. The van der Waals surface area contributed by atoms with Crippen LogP contribution in [0.25, 0.3) is 0 Å². The molecule has 0 saturated heterocycles. The summed E-state index contributed by atoms with van der Waals surface area (Å²) in [5.41, 5.74) is 5.84. The molecule has 5 heteroatoms. The largest absolute Gasteiger partial charge is 0.494 e. The van der Waals surface area contributed by atoms with Gasteiger partial charge >= 0.3 is 0 Å². The minimum Gasteiger partial charge on any atom is -0.494 e. The zero-order valence-electron chi connectivity index (χ0n) is 11.6. The van der Waals surface area contributed by atoms with E-state index in [4.69, 9.17) is 15.2 Å². The quantitative estimate of drug-likeness (QED) is 0.820. The zero-order valence-corrected chi connectivity index (χ0v) is 11.6. The first-order valence-electron chi connectivity index (χ1n) is 5.71. The van der Waals surface area contributed by atoms with Crippen molar-refractivity contribution in [2.45, 2.75) is 19.4 Å². The average Bonchev–Trinajstić information content (AvgIpc) is 2.27. The number of anilines is 1. The standard InChI is InChI=1S/C13H21FN2O2/c1-13(2,16(3)4)8-18-12-7-11(17-5)9(14)6-10(12)15/h6-7H,8,15H2,1-5H3. The summed E-state index contributed by atoms with van der Waals surface area (Å²) in [5, 5.41) is 0. The van der Waals surface area contributed by atoms with E-state index in [0.29, 0.717) is 12.4 Å². The van der Waals surface area contributed by atoms with Crippen LogP contribution in [0, 0.1) is 5.82 Å². The molecule has 4 nitrogen and oxygen atoms in total. The molecule has 1 rings (SSSR count). The highest BCUT2D eigenvalue weighted by atomic mass is 19.1. The Morgan fingerprint density at radius 2 is 1.89 bits per heavy atom. The molecule has 1 aromatic rings. The lowest BCUT2D eigenvalue weighted by Gasteiger charge is -2.32. The van der Waals surface area contributed by atoms with Crippen LogP contribution in [0.15, 0.2) is 12.1 Å². The lowest BCUT2D eigenvalue weighted by molar-refractivity contribution is 0.114. The summed E-state index contributed by atoms with van der Waals surface area (Å²) < 4.78 is 23.9. The van der Waals surface area contributed by atoms with E-state index in [1.165, 1.54) is 19.2 Å². The fourth-order valence-electron chi connectivity index (χ4n) is 1.22. The van der Waals surface area contributed by atoms with Crippen LogP contribution >= 0.6 is 0 Å². The molecule has 0 atom stereocenters. The average molecular weight is 256 g/mol. The van der Waals surface area contributed by atoms with Crippen LogP contribution < -0.4 is 15.2 Å². The fourth-order valence-corrected chi connectivity index (χ4v) is 1.22. The monoisotopic (exact) mass is 256 g/mol. The number of rotatable bonds is 5. The number of ether oxygens (including phenoxy) is 2. The van der Waals surface area contributed by atoms with Crippen LogP contribution in [-0.4, -0.2) is 38.3 Å². The first-order chi connectivity index (χ1) is 8.27. The summed E-state index contributed by atoms with van der Waals surface area (Å²) in [7, 11) is 5.35. The predicted molar refractivity (Wildman–Crippen MR) is 70.6 cm³/mol. The molecule has 0 aliphatic heterocycles. The number of nitrogens with zero attached hydrogens (tertiary/aromatic N) is 1. The smallest absolute Gasteiger partial charge is 0.167 e. The maximum absolute atomic E-state index is 13.4. The van der Waals surface area contributed by atoms with Gasteiger partial charge in [-0.25, -0.2) is 4.39 Å². The highest BCUT2D eigenvalue weighted by Gasteiger charge is 2.22. The van der Waals surface area contributed by atoms with Gasteiger partial charge in [-0.1, -0.05) is 0 Å². The van der Waals surface area contributed by atoms with Crippen molar-refractivity contribution in [3.63, 3.8) is 0 Å². The van der Waals surface area contributed by atoms with Gasteiger partial charge in [0.05, 0.1) is 12.8 Å². The normalized spacial score (nSPS) is 11.7. The van der Waals surface area contributed by atoms with E-state index in [1.807, 2.05) is 32.8 Å². The number of halogens is 1. The van der Waals surface area contributed by atoms with Gasteiger partial charge in [0.2, 0.25) is 0 Å². The number of likely N-dealkylation sites (N-methyl/N-ethyl adjacent to an activating group) is 1. The Morgan fingerprint density at radius 1 is 1.28 bits per heavy atom. The van der Waals surface area contributed by atoms with Gasteiger partial charge < -0.3 is 20.1 Å². The van der Waals surface area contributed by atoms with Crippen LogP contribution in [0.5, 0.6) is 11.5 Å². The van der Waals surface area contributed by atoms with Gasteiger partial charge in [0.15, 0.2) is 11.6 Å². The molecule has 0 heterocycles. The maximum Gasteiger partial charge on any atom is 0.167 e. The Labute approximate surface area is 107 Å². The first kappa shape index (κ1) is 14.6. The third-order valence-corrected chi connectivity index (χ3v) is 3.08. The molecular weight excluding hydrogens is 235 g/mol. The van der Waals surface area contributed by atoms with Crippen molar-refractivity contribution in [1.29, 1.82) is 0 Å². The van der Waals surface area contributed by atoms with Crippen LogP contribution in [0.4, 0.5) is 10.1 Å². The van der Waals surface area contributed by atoms with E-state index < -0.39 is 5.82 Å². The fraction of sp³-hybridized carbons (Fsp3) is 0.538. The number of nitrogen functional groups attached to an aromatic ring is 1. The number of methoxy groups -OCH3 is 1. The van der Waals surface area contributed by atoms with Crippen molar-refractivity contribution < 1.29 is 13.9 Å². The predicted octanol–water partition coefficient (Wildman–Crippen LogP) is 2.14. The Hall–Kier alpha value is -1.49. The number of benzene rings is 1. The zero-order chi connectivity index (χ0) is 13.9. The molecule has 0 saturated carbocycles. The molecule has 0 radical (unpaired) electrons. The molecule has 102 valence electrons. The summed E-state index contributed by atoms with van der Waals surface area (Å²) in [6.07, 6.45) is 0. The van der Waals surface area contributed by atoms with E-state index in [2.05, 4.69) is 0 Å². The second-order valence-electron chi connectivity index (χ2n) is 5.02. The van der Waals surface area contributed by atoms with Crippen molar-refractivity contribution in [2.75, 3.05) is 33.5 Å². The summed E-state index contributed by atoms with van der Waals surface area (Å²) in [6.45, 7) is 4.53. The van der Waals surface area contributed by atoms with Crippen LogP contribution in [0.1, 0.15) is 13.8 Å². The van der Waals surface area contributed by atoms with Crippen LogP contribution in [0.2, 0.25) is 0 Å². The molecule has 0 aliphatic rings. The highest BCUT2D eigenvalue weighted by Crippen LogP contribution is 2.30. The lowest BCUT2D eigenvalue weighted by Crippen LogP contribution is -2.43. The highest BCUT2D eigenvalue weighted by molar-refractivity contribution is 5.56. The van der Waals surface area contributed by atoms with Gasteiger partial charge in [-0.05, 0) is 27.9 Å². The molecule has 18 heavy (non-hydrogen) atoms. The van der Waals surface area contributed by atoms with E-state index in [1.54, 1.807) is 0 Å². The van der Waals surface area contributed by atoms with Gasteiger partial charge in [-0.3, -0.25) is 0 Å². The summed E-state index contributed by atoms with van der Waals surface area (Å²) in [4.78, 5) is 2.05. The molecule has 0 spiro atoms. The number of nitrogens with two attached hydrogens (primary N) is 1. The van der Waals surface area contributed by atoms with E-state index >= 15 is 0 Å². The Kier molecular flexibility index (Phi) is 4.40. The van der Waals surface area contributed by atoms with Crippen molar-refractivity contribution in [2.24, 2.45) is 0 Å². The minimum atomic E-state index is -0.491. The summed E-state index contributed by atoms with van der Waals surface area (Å²) in [5.74, 6) is 0.0688. The topological polar surface area (TPSA) is 47.7 Å². The van der Waals surface area contributed by atoms with Crippen molar-refractivity contribution in [3.8, 4) is 11.5 Å².